The molecular weight excluding hydrogens is 240 g/mol. The van der Waals surface area contributed by atoms with E-state index in [1.165, 1.54) is 43.2 Å². The van der Waals surface area contributed by atoms with Gasteiger partial charge in [-0.15, -0.1) is 11.8 Å². The Balaban J connectivity index is 1.77. The Kier molecular flexibility index (Phi) is 4.80. The van der Waals surface area contributed by atoms with Gasteiger partial charge in [0.25, 0.3) is 0 Å². The Morgan fingerprint density at radius 2 is 2.18 bits per heavy atom. The van der Waals surface area contributed by atoms with E-state index in [-0.39, 0.29) is 0 Å². The van der Waals surface area contributed by atoms with Crippen molar-refractivity contribution in [3.63, 3.8) is 0 Å². The van der Waals surface area contributed by atoms with E-state index in [0.29, 0.717) is 10.9 Å². The lowest BCUT2D eigenvalue weighted by atomic mass is 10.0. The maximum absolute atomic E-state index is 13.3. The Morgan fingerprint density at radius 3 is 2.88 bits per heavy atom. The van der Waals surface area contributed by atoms with Crippen LogP contribution in [0.1, 0.15) is 25.7 Å². The van der Waals surface area contributed by atoms with Gasteiger partial charge in [0.15, 0.2) is 0 Å². The monoisotopic (exact) mass is 257 g/mol. The largest absolute Gasteiger partial charge is 0.314 e. The third-order valence-electron chi connectivity index (χ3n) is 3.03. The topological polar surface area (TPSA) is 12.0 Å². The smallest absolute Gasteiger partial charge is 0.139 e. The van der Waals surface area contributed by atoms with Crippen LogP contribution in [-0.2, 0) is 0 Å². The maximum Gasteiger partial charge on any atom is 0.139 e. The summed E-state index contributed by atoms with van der Waals surface area (Å²) in [6.07, 6.45) is 4.80. The first kappa shape index (κ1) is 12.8. The van der Waals surface area contributed by atoms with Crippen molar-refractivity contribution in [3.8, 4) is 0 Å². The molecule has 0 spiro atoms. The van der Waals surface area contributed by atoms with Crippen LogP contribution in [0.15, 0.2) is 23.1 Å². The predicted octanol–water partition coefficient (Wildman–Crippen LogP) is 3.59. The second-order valence-corrected chi connectivity index (χ2v) is 5.50. The number of nitrogens with one attached hydrogen (secondary N) is 1. The molecule has 0 aromatic heterocycles. The third kappa shape index (κ3) is 3.96. The van der Waals surface area contributed by atoms with Crippen LogP contribution in [0.4, 0.5) is 8.78 Å². The van der Waals surface area contributed by atoms with Crippen molar-refractivity contribution in [2.45, 2.75) is 36.6 Å². The van der Waals surface area contributed by atoms with Crippen LogP contribution in [0, 0.1) is 11.6 Å². The zero-order chi connectivity index (χ0) is 12.1. The Bertz CT molecular complexity index is 364. The van der Waals surface area contributed by atoms with Gasteiger partial charge in [-0.25, -0.2) is 8.78 Å². The highest BCUT2D eigenvalue weighted by Crippen LogP contribution is 2.24. The minimum absolute atomic E-state index is 0.452. The van der Waals surface area contributed by atoms with Crippen molar-refractivity contribution in [1.29, 1.82) is 0 Å². The summed E-state index contributed by atoms with van der Waals surface area (Å²) in [7, 11) is 0. The zero-order valence-corrected chi connectivity index (χ0v) is 10.5. The van der Waals surface area contributed by atoms with Crippen LogP contribution in [0.25, 0.3) is 0 Å². The van der Waals surface area contributed by atoms with E-state index in [1.54, 1.807) is 0 Å². The van der Waals surface area contributed by atoms with Gasteiger partial charge in [-0.1, -0.05) is 6.42 Å². The third-order valence-corrected chi connectivity index (χ3v) is 4.11. The van der Waals surface area contributed by atoms with E-state index in [0.717, 1.165) is 24.8 Å². The molecule has 0 bridgehead atoms. The summed E-state index contributed by atoms with van der Waals surface area (Å²) in [6.45, 7) is 1.10. The lowest BCUT2D eigenvalue weighted by molar-refractivity contribution is 0.394. The average Bonchev–Trinajstić information content (AvgIpc) is 2.33. The first-order valence-corrected chi connectivity index (χ1v) is 7.05. The molecule has 1 N–H and O–H groups in total. The van der Waals surface area contributed by atoms with Crippen LogP contribution in [-0.4, -0.2) is 18.3 Å². The summed E-state index contributed by atoms with van der Waals surface area (Å²) in [6, 6.07) is 4.34. The molecule has 1 heterocycles. The maximum atomic E-state index is 13.3. The van der Waals surface area contributed by atoms with Gasteiger partial charge in [0.05, 0.1) is 0 Å². The summed E-state index contributed by atoms with van der Waals surface area (Å²) in [5, 5.41) is 3.46. The fraction of sp³-hybridized carbons (Fsp3) is 0.538. The second kappa shape index (κ2) is 6.36. The van der Waals surface area contributed by atoms with Gasteiger partial charge < -0.3 is 5.32 Å². The molecule has 1 unspecified atom stereocenters. The van der Waals surface area contributed by atoms with Crippen LogP contribution in [0.3, 0.4) is 0 Å². The van der Waals surface area contributed by atoms with Crippen LogP contribution in [0.5, 0.6) is 0 Å². The van der Waals surface area contributed by atoms with Gasteiger partial charge in [0.2, 0.25) is 0 Å². The van der Waals surface area contributed by atoms with Gasteiger partial charge in [0, 0.05) is 17.0 Å². The van der Waals surface area contributed by atoms with E-state index >= 15 is 0 Å². The molecule has 1 fully saturated rings. The van der Waals surface area contributed by atoms with Gasteiger partial charge in [-0.05, 0) is 43.7 Å². The molecule has 1 atom stereocenters. The summed E-state index contributed by atoms with van der Waals surface area (Å²) >= 11 is 1.47. The van der Waals surface area contributed by atoms with E-state index in [9.17, 15) is 8.78 Å². The summed E-state index contributed by atoms with van der Waals surface area (Å²) in [5.41, 5.74) is 0. The van der Waals surface area contributed by atoms with Crippen LogP contribution in [0.2, 0.25) is 0 Å². The lowest BCUT2D eigenvalue weighted by Gasteiger charge is -2.23. The molecule has 0 saturated carbocycles. The SMILES string of the molecule is Fc1ccc(SCCC2CCCCN2)c(F)c1. The Labute approximate surface area is 105 Å². The van der Waals surface area contributed by atoms with Crippen LogP contribution >= 0.6 is 11.8 Å². The zero-order valence-electron chi connectivity index (χ0n) is 9.72. The Hall–Kier alpha value is -0.610. The fourth-order valence-electron chi connectivity index (χ4n) is 2.07. The highest BCUT2D eigenvalue weighted by atomic mass is 32.2. The molecule has 0 aliphatic carbocycles. The molecular formula is C13H17F2NS. The number of thioether (sulfide) groups is 1. The van der Waals surface area contributed by atoms with Gasteiger partial charge in [0.1, 0.15) is 11.6 Å². The molecule has 1 aliphatic heterocycles. The summed E-state index contributed by atoms with van der Waals surface area (Å²) in [5.74, 6) is -0.0902. The first-order chi connectivity index (χ1) is 8.25. The van der Waals surface area contributed by atoms with E-state index in [2.05, 4.69) is 5.32 Å². The second-order valence-electron chi connectivity index (χ2n) is 4.36. The highest BCUT2D eigenvalue weighted by molar-refractivity contribution is 7.99. The first-order valence-electron chi connectivity index (χ1n) is 6.07. The van der Waals surface area contributed by atoms with Crippen molar-refractivity contribution < 1.29 is 8.78 Å². The summed E-state index contributed by atoms with van der Waals surface area (Å²) < 4.78 is 26.0. The minimum Gasteiger partial charge on any atom is -0.314 e. The van der Waals surface area contributed by atoms with Crippen molar-refractivity contribution in [3.05, 3.63) is 29.8 Å². The molecule has 1 aromatic rings. The normalized spacial score (nSPS) is 20.5. The van der Waals surface area contributed by atoms with Crippen molar-refractivity contribution in [2.24, 2.45) is 0 Å². The number of halogens is 2. The van der Waals surface area contributed by atoms with Crippen LogP contribution < -0.4 is 5.32 Å². The van der Waals surface area contributed by atoms with E-state index < -0.39 is 11.6 Å². The molecule has 17 heavy (non-hydrogen) atoms. The van der Waals surface area contributed by atoms with E-state index in [1.807, 2.05) is 0 Å². The molecule has 94 valence electrons. The number of benzene rings is 1. The standard InChI is InChI=1S/C13H17F2NS/c14-10-4-5-13(12(15)9-10)17-8-6-11-3-1-2-7-16-11/h4-5,9,11,16H,1-3,6-8H2. The summed E-state index contributed by atoms with van der Waals surface area (Å²) in [4.78, 5) is 0.544. The van der Waals surface area contributed by atoms with Gasteiger partial charge in [-0.3, -0.25) is 0 Å². The van der Waals surface area contributed by atoms with Gasteiger partial charge >= 0.3 is 0 Å². The van der Waals surface area contributed by atoms with E-state index in [4.69, 9.17) is 0 Å². The fourth-order valence-corrected chi connectivity index (χ4v) is 3.06. The lowest BCUT2D eigenvalue weighted by Crippen LogP contribution is -2.34. The molecule has 2 rings (SSSR count). The molecule has 1 aliphatic rings. The molecule has 0 amide bonds. The molecule has 1 saturated heterocycles. The predicted molar refractivity (Wildman–Crippen MR) is 67.3 cm³/mol. The molecule has 1 nitrogen and oxygen atoms in total. The number of hydrogen-bond donors (Lipinski definition) is 1. The number of hydrogen-bond acceptors (Lipinski definition) is 2. The quantitative estimate of drug-likeness (QED) is 0.827. The number of piperidine rings is 1. The number of rotatable bonds is 4. The molecule has 0 radical (unpaired) electrons. The Morgan fingerprint density at radius 1 is 1.29 bits per heavy atom. The highest BCUT2D eigenvalue weighted by Gasteiger charge is 2.12. The van der Waals surface area contributed by atoms with Crippen molar-refractivity contribution in [2.75, 3.05) is 12.3 Å². The minimum atomic E-state index is -0.513. The van der Waals surface area contributed by atoms with Crippen molar-refractivity contribution in [1.82, 2.24) is 5.32 Å². The van der Waals surface area contributed by atoms with Gasteiger partial charge in [-0.2, -0.15) is 0 Å². The molecule has 4 heteroatoms. The van der Waals surface area contributed by atoms with Crippen molar-refractivity contribution >= 4 is 11.8 Å². The molecule has 1 aromatic carbocycles. The average molecular weight is 257 g/mol.